The summed E-state index contributed by atoms with van der Waals surface area (Å²) in [6, 6.07) is 16.1. The van der Waals surface area contributed by atoms with E-state index in [0.717, 1.165) is 24.9 Å². The highest BCUT2D eigenvalue weighted by Crippen LogP contribution is 2.31. The number of rotatable bonds is 3. The molecule has 0 saturated carbocycles. The second-order valence-corrected chi connectivity index (χ2v) is 5.97. The lowest BCUT2D eigenvalue weighted by molar-refractivity contribution is 0.100. The smallest absolute Gasteiger partial charge is 0.248 e. The lowest BCUT2D eigenvalue weighted by Crippen LogP contribution is -2.11. The van der Waals surface area contributed by atoms with Gasteiger partial charge in [0.2, 0.25) is 5.91 Å². The topological polar surface area (TPSA) is 48.0 Å². The number of fused-ring (bicyclic) bond motifs is 3. The summed E-state index contributed by atoms with van der Waals surface area (Å²) < 4.78 is 2.36. The number of hydrogen-bond donors (Lipinski definition) is 1. The van der Waals surface area contributed by atoms with E-state index in [9.17, 15) is 4.79 Å². The molecular weight excluding hydrogens is 284 g/mol. The Morgan fingerprint density at radius 1 is 1.09 bits per heavy atom. The number of hydrogen-bond acceptors (Lipinski definition) is 1. The minimum absolute atomic E-state index is 0.386. The van der Waals surface area contributed by atoms with Crippen LogP contribution in [0.2, 0.25) is 0 Å². The summed E-state index contributed by atoms with van der Waals surface area (Å²) in [5, 5.41) is 1.35. The Hall–Kier alpha value is -2.81. The SMILES string of the molecule is NC(=O)c1ccc(Cn2c3c(c4ccccc42)CCC=C3)cc1. The minimum atomic E-state index is -0.386. The second kappa shape index (κ2) is 5.43. The second-order valence-electron chi connectivity index (χ2n) is 5.97. The van der Waals surface area contributed by atoms with Gasteiger partial charge in [0, 0.05) is 28.7 Å². The van der Waals surface area contributed by atoms with Crippen LogP contribution >= 0.6 is 0 Å². The molecular formula is C20H18N2O. The molecule has 3 aromatic rings. The zero-order chi connectivity index (χ0) is 15.8. The fraction of sp³-hybridized carbons (Fsp3) is 0.150. The van der Waals surface area contributed by atoms with E-state index in [1.165, 1.54) is 22.2 Å². The Morgan fingerprint density at radius 3 is 2.65 bits per heavy atom. The van der Waals surface area contributed by atoms with Crippen molar-refractivity contribution in [1.82, 2.24) is 4.57 Å². The molecule has 4 rings (SSSR count). The van der Waals surface area contributed by atoms with E-state index in [2.05, 4.69) is 41.0 Å². The monoisotopic (exact) mass is 302 g/mol. The van der Waals surface area contributed by atoms with Gasteiger partial charge in [-0.3, -0.25) is 4.79 Å². The van der Waals surface area contributed by atoms with Crippen LogP contribution in [0, 0.1) is 0 Å². The fourth-order valence-corrected chi connectivity index (χ4v) is 3.40. The van der Waals surface area contributed by atoms with Crippen LogP contribution in [0.15, 0.2) is 54.6 Å². The standard InChI is InChI=1S/C20H18N2O/c21-20(23)15-11-9-14(10-12-15)13-22-18-7-3-1-5-16(18)17-6-2-4-8-19(17)22/h1,3-5,7-12H,2,6,13H2,(H2,21,23). The summed E-state index contributed by atoms with van der Waals surface area (Å²) >= 11 is 0. The van der Waals surface area contributed by atoms with E-state index < -0.39 is 0 Å². The molecule has 2 aromatic carbocycles. The molecule has 1 aliphatic carbocycles. The lowest BCUT2D eigenvalue weighted by atomic mass is 10.0. The highest BCUT2D eigenvalue weighted by atomic mass is 16.1. The van der Waals surface area contributed by atoms with Crippen molar-refractivity contribution in [3.05, 3.63) is 77.0 Å². The number of nitrogens with two attached hydrogens (primary N) is 1. The molecule has 0 bridgehead atoms. The molecule has 1 aliphatic rings. The summed E-state index contributed by atoms with van der Waals surface area (Å²) in [4.78, 5) is 11.2. The van der Waals surface area contributed by atoms with Crippen LogP contribution < -0.4 is 5.73 Å². The number of carbonyl (C=O) groups excluding carboxylic acids is 1. The first-order valence-corrected chi connectivity index (χ1v) is 7.89. The number of nitrogens with zero attached hydrogens (tertiary/aromatic N) is 1. The summed E-state index contributed by atoms with van der Waals surface area (Å²) in [7, 11) is 0. The van der Waals surface area contributed by atoms with Crippen LogP contribution in [0.5, 0.6) is 0 Å². The maximum absolute atomic E-state index is 11.2. The molecule has 0 saturated heterocycles. The number of carbonyl (C=O) groups is 1. The molecule has 3 heteroatoms. The normalized spacial score (nSPS) is 13.2. The van der Waals surface area contributed by atoms with Crippen LogP contribution in [0.3, 0.4) is 0 Å². The van der Waals surface area contributed by atoms with E-state index in [-0.39, 0.29) is 5.91 Å². The summed E-state index contributed by atoms with van der Waals surface area (Å²) in [5.41, 5.74) is 11.0. The van der Waals surface area contributed by atoms with E-state index in [1.807, 2.05) is 12.1 Å². The van der Waals surface area contributed by atoms with Gasteiger partial charge >= 0.3 is 0 Å². The van der Waals surface area contributed by atoms with Gasteiger partial charge in [0.05, 0.1) is 0 Å². The third-order valence-corrected chi connectivity index (χ3v) is 4.54. The number of aryl methyl sites for hydroxylation is 1. The molecule has 23 heavy (non-hydrogen) atoms. The number of primary amides is 1. The highest BCUT2D eigenvalue weighted by Gasteiger charge is 2.16. The van der Waals surface area contributed by atoms with Crippen molar-refractivity contribution in [3.8, 4) is 0 Å². The van der Waals surface area contributed by atoms with Crippen LogP contribution in [0.4, 0.5) is 0 Å². The number of allylic oxidation sites excluding steroid dienone is 1. The van der Waals surface area contributed by atoms with Gasteiger partial charge in [-0.1, -0.05) is 36.4 Å². The van der Waals surface area contributed by atoms with Crippen LogP contribution in [-0.2, 0) is 13.0 Å². The van der Waals surface area contributed by atoms with Gasteiger partial charge in [0.1, 0.15) is 0 Å². The van der Waals surface area contributed by atoms with Gasteiger partial charge in [0.25, 0.3) is 0 Å². The maximum atomic E-state index is 11.2. The average Bonchev–Trinajstić information content (AvgIpc) is 2.90. The van der Waals surface area contributed by atoms with Gasteiger partial charge in [-0.15, -0.1) is 0 Å². The zero-order valence-electron chi connectivity index (χ0n) is 12.8. The first-order valence-electron chi connectivity index (χ1n) is 7.89. The molecule has 1 amide bonds. The van der Waals surface area contributed by atoms with E-state index in [1.54, 1.807) is 12.1 Å². The third-order valence-electron chi connectivity index (χ3n) is 4.54. The summed E-state index contributed by atoms with van der Waals surface area (Å²) in [6.07, 6.45) is 6.68. The Morgan fingerprint density at radius 2 is 1.87 bits per heavy atom. The molecule has 0 unspecified atom stereocenters. The van der Waals surface area contributed by atoms with Crippen molar-refractivity contribution in [3.63, 3.8) is 0 Å². The third kappa shape index (κ3) is 2.34. The van der Waals surface area contributed by atoms with Gasteiger partial charge in [-0.05, 0) is 48.2 Å². The van der Waals surface area contributed by atoms with Crippen molar-refractivity contribution in [1.29, 1.82) is 0 Å². The first kappa shape index (κ1) is 13.8. The van der Waals surface area contributed by atoms with E-state index in [0.29, 0.717) is 5.56 Å². The van der Waals surface area contributed by atoms with Crippen molar-refractivity contribution in [2.45, 2.75) is 19.4 Å². The lowest BCUT2D eigenvalue weighted by Gasteiger charge is -2.12. The molecule has 1 heterocycles. The van der Waals surface area contributed by atoms with Crippen LogP contribution in [0.1, 0.15) is 33.6 Å². The maximum Gasteiger partial charge on any atom is 0.248 e. The molecule has 1 aromatic heterocycles. The Bertz CT molecular complexity index is 917. The van der Waals surface area contributed by atoms with Crippen molar-refractivity contribution in [2.75, 3.05) is 0 Å². The molecule has 0 spiro atoms. The zero-order valence-corrected chi connectivity index (χ0v) is 12.8. The molecule has 0 fully saturated rings. The number of para-hydroxylation sites is 1. The Kier molecular flexibility index (Phi) is 3.27. The number of benzene rings is 2. The fourth-order valence-electron chi connectivity index (χ4n) is 3.40. The number of aromatic nitrogens is 1. The summed E-state index contributed by atoms with van der Waals surface area (Å²) in [6.45, 7) is 0.791. The van der Waals surface area contributed by atoms with Crippen LogP contribution in [-0.4, -0.2) is 10.5 Å². The quantitative estimate of drug-likeness (QED) is 0.787. The van der Waals surface area contributed by atoms with Crippen molar-refractivity contribution in [2.24, 2.45) is 5.73 Å². The number of amides is 1. The molecule has 0 radical (unpaired) electrons. The highest BCUT2D eigenvalue weighted by molar-refractivity contribution is 5.92. The molecule has 2 N–H and O–H groups in total. The first-order chi connectivity index (χ1) is 11.2. The van der Waals surface area contributed by atoms with E-state index >= 15 is 0 Å². The molecule has 0 atom stereocenters. The Balaban J connectivity index is 1.80. The Labute approximate surface area is 135 Å². The van der Waals surface area contributed by atoms with Gasteiger partial charge < -0.3 is 10.3 Å². The summed E-state index contributed by atoms with van der Waals surface area (Å²) in [5.74, 6) is -0.386. The van der Waals surface area contributed by atoms with E-state index in [4.69, 9.17) is 5.73 Å². The average molecular weight is 302 g/mol. The molecule has 3 nitrogen and oxygen atoms in total. The minimum Gasteiger partial charge on any atom is -0.366 e. The predicted octanol–water partition coefficient (Wildman–Crippen LogP) is 3.75. The predicted molar refractivity (Wildman–Crippen MR) is 93.4 cm³/mol. The van der Waals surface area contributed by atoms with Gasteiger partial charge in [0.15, 0.2) is 0 Å². The van der Waals surface area contributed by atoms with Crippen LogP contribution in [0.25, 0.3) is 17.0 Å². The molecule has 0 aliphatic heterocycles. The molecule has 114 valence electrons. The van der Waals surface area contributed by atoms with Gasteiger partial charge in [-0.2, -0.15) is 0 Å². The van der Waals surface area contributed by atoms with Gasteiger partial charge in [-0.25, -0.2) is 0 Å². The van der Waals surface area contributed by atoms with Crippen molar-refractivity contribution < 1.29 is 4.79 Å². The van der Waals surface area contributed by atoms with Crippen molar-refractivity contribution >= 4 is 22.9 Å². The largest absolute Gasteiger partial charge is 0.366 e.